The van der Waals surface area contributed by atoms with Crippen LogP contribution in [0.25, 0.3) is 16.7 Å². The molecule has 2 aromatic carbocycles. The number of imidazole rings is 1. The number of piperazine rings is 1. The van der Waals surface area contributed by atoms with Gasteiger partial charge in [-0.2, -0.15) is 5.26 Å². The molecule has 180 valence electrons. The Hall–Kier alpha value is -3.96. The monoisotopic (exact) mass is 471 g/mol. The Balaban J connectivity index is 1.41. The molecule has 0 amide bonds. The van der Waals surface area contributed by atoms with E-state index in [-0.39, 0.29) is 0 Å². The number of pyridine rings is 1. The molecule has 0 N–H and O–H groups in total. The van der Waals surface area contributed by atoms with Crippen LogP contribution in [0.15, 0.2) is 42.5 Å². The topological polar surface area (TPSA) is 75.3 Å². The van der Waals surface area contributed by atoms with Gasteiger partial charge in [-0.05, 0) is 48.4 Å². The lowest BCUT2D eigenvalue weighted by Gasteiger charge is -2.36. The molecule has 0 spiro atoms. The highest BCUT2D eigenvalue weighted by Crippen LogP contribution is 2.38. The quantitative estimate of drug-likeness (QED) is 0.421. The summed E-state index contributed by atoms with van der Waals surface area (Å²) in [5.41, 5.74) is 5.34. The number of para-hydroxylation sites is 2. The lowest BCUT2D eigenvalue weighted by Crippen LogP contribution is -2.46. The average Bonchev–Trinajstić information content (AvgIpc) is 3.27. The van der Waals surface area contributed by atoms with E-state index < -0.39 is 0 Å². The minimum Gasteiger partial charge on any atom is -0.493 e. The maximum absolute atomic E-state index is 9.78. The van der Waals surface area contributed by atoms with E-state index in [4.69, 9.17) is 19.2 Å². The Morgan fingerprint density at radius 3 is 2.26 bits per heavy atom. The summed E-state index contributed by atoms with van der Waals surface area (Å²) < 4.78 is 18.6. The number of aromatic nitrogens is 2. The van der Waals surface area contributed by atoms with Crippen molar-refractivity contribution in [3.63, 3.8) is 0 Å². The number of ether oxygens (including phenoxy) is 3. The van der Waals surface area contributed by atoms with Crippen molar-refractivity contribution < 1.29 is 14.2 Å². The van der Waals surface area contributed by atoms with Gasteiger partial charge in [-0.3, -0.25) is 9.30 Å². The van der Waals surface area contributed by atoms with Crippen molar-refractivity contribution in [1.82, 2.24) is 14.3 Å². The molecule has 1 aliphatic heterocycles. The summed E-state index contributed by atoms with van der Waals surface area (Å²) in [6.07, 6.45) is 0. The number of nitrogens with zero attached hydrogens (tertiary/aromatic N) is 5. The lowest BCUT2D eigenvalue weighted by atomic mass is 10.1. The van der Waals surface area contributed by atoms with E-state index in [0.717, 1.165) is 66.3 Å². The van der Waals surface area contributed by atoms with Gasteiger partial charge in [0, 0.05) is 32.7 Å². The molecule has 3 heterocycles. The van der Waals surface area contributed by atoms with Gasteiger partial charge in [-0.1, -0.05) is 12.1 Å². The molecule has 0 atom stereocenters. The molecule has 2 aromatic heterocycles. The number of rotatable bonds is 6. The maximum Gasteiger partial charge on any atom is 0.203 e. The first-order chi connectivity index (χ1) is 17.1. The molecule has 0 bridgehead atoms. The van der Waals surface area contributed by atoms with Crippen LogP contribution in [0.1, 0.15) is 16.7 Å². The molecular formula is C27H29N5O3. The maximum atomic E-state index is 9.78. The summed E-state index contributed by atoms with van der Waals surface area (Å²) in [4.78, 5) is 9.61. The lowest BCUT2D eigenvalue weighted by molar-refractivity contribution is 0.248. The van der Waals surface area contributed by atoms with Gasteiger partial charge in [0.1, 0.15) is 11.9 Å². The summed E-state index contributed by atoms with van der Waals surface area (Å²) in [6, 6.07) is 16.6. The van der Waals surface area contributed by atoms with E-state index in [1.807, 2.05) is 37.3 Å². The van der Waals surface area contributed by atoms with E-state index in [1.165, 1.54) is 0 Å². The highest BCUT2D eigenvalue weighted by molar-refractivity contribution is 5.85. The fourth-order valence-electron chi connectivity index (χ4n) is 4.92. The normalized spacial score (nSPS) is 14.3. The number of fused-ring (bicyclic) bond motifs is 3. The van der Waals surface area contributed by atoms with Gasteiger partial charge >= 0.3 is 0 Å². The molecule has 1 fully saturated rings. The first-order valence-electron chi connectivity index (χ1n) is 11.6. The second kappa shape index (κ2) is 9.35. The minimum absolute atomic E-state index is 0.608. The van der Waals surface area contributed by atoms with Gasteiger partial charge < -0.3 is 19.1 Å². The van der Waals surface area contributed by atoms with Crippen molar-refractivity contribution in [1.29, 1.82) is 5.26 Å². The fraction of sp³-hybridized carbons (Fsp3) is 0.333. The first kappa shape index (κ1) is 22.8. The van der Waals surface area contributed by atoms with Crippen LogP contribution < -0.4 is 19.1 Å². The molecule has 8 heteroatoms. The molecule has 4 aromatic rings. The van der Waals surface area contributed by atoms with Crippen molar-refractivity contribution in [2.24, 2.45) is 0 Å². The summed E-state index contributed by atoms with van der Waals surface area (Å²) in [6.45, 7) is 6.34. The number of nitriles is 1. The smallest absolute Gasteiger partial charge is 0.203 e. The van der Waals surface area contributed by atoms with Crippen LogP contribution in [0.4, 0.5) is 5.82 Å². The fourth-order valence-corrected chi connectivity index (χ4v) is 4.92. The number of hydrogen-bond acceptors (Lipinski definition) is 7. The Kier molecular flexibility index (Phi) is 6.10. The van der Waals surface area contributed by atoms with Gasteiger partial charge in [0.05, 0.1) is 37.9 Å². The summed E-state index contributed by atoms with van der Waals surface area (Å²) in [5.74, 6) is 3.03. The van der Waals surface area contributed by atoms with Gasteiger partial charge in [-0.15, -0.1) is 0 Å². The number of methoxy groups -OCH3 is 3. The number of hydrogen-bond donors (Lipinski definition) is 0. The predicted molar refractivity (Wildman–Crippen MR) is 136 cm³/mol. The molecule has 0 radical (unpaired) electrons. The van der Waals surface area contributed by atoms with Crippen LogP contribution in [0.2, 0.25) is 0 Å². The van der Waals surface area contributed by atoms with Gasteiger partial charge in [0.25, 0.3) is 0 Å². The molecule has 35 heavy (non-hydrogen) atoms. The zero-order chi connectivity index (χ0) is 24.5. The first-order valence-corrected chi connectivity index (χ1v) is 11.6. The Labute approximate surface area is 204 Å². The SMILES string of the molecule is COc1cc(CN2CCN(c3cc(C)c(C#N)c4nc5ccccc5n34)CC2)cc(OC)c1OC. The minimum atomic E-state index is 0.608. The van der Waals surface area contributed by atoms with Crippen molar-refractivity contribution >= 4 is 22.5 Å². The average molecular weight is 472 g/mol. The number of anilines is 1. The third-order valence-corrected chi connectivity index (χ3v) is 6.69. The summed E-state index contributed by atoms with van der Waals surface area (Å²) in [5, 5.41) is 9.78. The predicted octanol–water partition coefficient (Wildman–Crippen LogP) is 4.02. The van der Waals surface area contributed by atoms with Crippen molar-refractivity contribution in [3.8, 4) is 23.3 Å². The van der Waals surface area contributed by atoms with Crippen LogP contribution in [0.5, 0.6) is 17.2 Å². The van der Waals surface area contributed by atoms with Crippen molar-refractivity contribution in [3.05, 3.63) is 59.2 Å². The van der Waals surface area contributed by atoms with Crippen LogP contribution in [0, 0.1) is 18.3 Å². The summed E-state index contributed by atoms with van der Waals surface area (Å²) in [7, 11) is 4.89. The van der Waals surface area contributed by atoms with Crippen LogP contribution in [-0.4, -0.2) is 61.8 Å². The molecule has 0 aliphatic carbocycles. The van der Waals surface area contributed by atoms with Crippen LogP contribution in [0.3, 0.4) is 0 Å². The second-order valence-corrected chi connectivity index (χ2v) is 8.73. The Bertz CT molecular complexity index is 1410. The molecule has 1 saturated heterocycles. The van der Waals surface area contributed by atoms with E-state index in [1.54, 1.807) is 21.3 Å². The zero-order valence-electron chi connectivity index (χ0n) is 20.5. The third-order valence-electron chi connectivity index (χ3n) is 6.69. The highest BCUT2D eigenvalue weighted by Gasteiger charge is 2.23. The zero-order valence-corrected chi connectivity index (χ0v) is 20.5. The Morgan fingerprint density at radius 1 is 0.943 bits per heavy atom. The Morgan fingerprint density at radius 2 is 1.63 bits per heavy atom. The van der Waals surface area contributed by atoms with E-state index in [9.17, 15) is 5.26 Å². The van der Waals surface area contributed by atoms with Gasteiger partial charge in [0.2, 0.25) is 5.75 Å². The molecule has 8 nitrogen and oxygen atoms in total. The molecular weight excluding hydrogens is 442 g/mol. The third kappa shape index (κ3) is 3.98. The van der Waals surface area contributed by atoms with E-state index in [2.05, 4.69) is 32.4 Å². The number of aryl methyl sites for hydroxylation is 1. The molecule has 0 unspecified atom stereocenters. The van der Waals surface area contributed by atoms with E-state index in [0.29, 0.717) is 22.8 Å². The highest BCUT2D eigenvalue weighted by atomic mass is 16.5. The van der Waals surface area contributed by atoms with Gasteiger partial charge in [-0.25, -0.2) is 4.98 Å². The largest absolute Gasteiger partial charge is 0.493 e. The van der Waals surface area contributed by atoms with Gasteiger partial charge in [0.15, 0.2) is 17.1 Å². The molecule has 5 rings (SSSR count). The van der Waals surface area contributed by atoms with Crippen molar-refractivity contribution in [2.45, 2.75) is 13.5 Å². The summed E-state index contributed by atoms with van der Waals surface area (Å²) >= 11 is 0. The van der Waals surface area contributed by atoms with E-state index >= 15 is 0 Å². The van der Waals surface area contributed by atoms with Crippen LogP contribution >= 0.6 is 0 Å². The molecule has 1 aliphatic rings. The second-order valence-electron chi connectivity index (χ2n) is 8.73. The van der Waals surface area contributed by atoms with Crippen LogP contribution in [-0.2, 0) is 6.54 Å². The van der Waals surface area contributed by atoms with Crippen molar-refractivity contribution in [2.75, 3.05) is 52.4 Å². The standard InChI is InChI=1S/C27H29N5O3/c1-18-13-25(32-22-8-6-5-7-21(22)29-27(32)20(18)16-28)31-11-9-30(10-12-31)17-19-14-23(33-2)26(35-4)24(15-19)34-3/h5-8,13-15H,9-12,17H2,1-4H3. The molecule has 0 saturated carbocycles. The number of benzene rings is 2.